The van der Waals surface area contributed by atoms with E-state index in [1.165, 1.54) is 83.5 Å². The van der Waals surface area contributed by atoms with Crippen LogP contribution in [-0.4, -0.2) is 37.2 Å². The van der Waals surface area contributed by atoms with Crippen molar-refractivity contribution in [1.29, 1.82) is 0 Å². The molecule has 0 rings (SSSR count). The van der Waals surface area contributed by atoms with Crippen molar-refractivity contribution in [2.75, 3.05) is 13.2 Å². The number of rotatable bonds is 57. The van der Waals surface area contributed by atoms with Gasteiger partial charge in [0.2, 0.25) is 0 Å². The van der Waals surface area contributed by atoms with Gasteiger partial charge in [-0.05, 0) is 122 Å². The smallest absolute Gasteiger partial charge is 0.309 e. The molecule has 6 heteroatoms. The first-order chi connectivity index (χ1) is 40.5. The number of hydrogen-bond acceptors (Lipinski definition) is 6. The topological polar surface area (TPSA) is 78.9 Å². The third kappa shape index (κ3) is 65.3. The molecule has 0 radical (unpaired) electrons. The van der Waals surface area contributed by atoms with Gasteiger partial charge in [0, 0.05) is 12.8 Å². The monoisotopic (exact) mass is 1130 g/mol. The zero-order valence-electron chi connectivity index (χ0n) is 52.4. The Kier molecular flexibility index (Phi) is 63.5. The van der Waals surface area contributed by atoms with E-state index in [9.17, 15) is 14.4 Å². The minimum Gasteiger partial charge on any atom is -0.462 e. The molecule has 0 spiro atoms. The average molecular weight is 1130 g/mol. The summed E-state index contributed by atoms with van der Waals surface area (Å²) in [6, 6.07) is 0. The maximum Gasteiger partial charge on any atom is 0.309 e. The summed E-state index contributed by atoms with van der Waals surface area (Å²) in [6.45, 7) is 6.28. The van der Waals surface area contributed by atoms with Gasteiger partial charge in [0.25, 0.3) is 0 Å². The molecule has 82 heavy (non-hydrogen) atoms. The quantitative estimate of drug-likeness (QED) is 0.0261. The molecular weight excluding hydrogens is 1010 g/mol. The molecule has 0 bridgehead atoms. The summed E-state index contributed by atoms with van der Waals surface area (Å²) in [5.74, 6) is -1.11. The highest BCUT2D eigenvalue weighted by Gasteiger charge is 2.19. The Hall–Kier alpha value is -5.49. The van der Waals surface area contributed by atoms with Crippen molar-refractivity contribution in [3.63, 3.8) is 0 Å². The minimum absolute atomic E-state index is 0.112. The maximum absolute atomic E-state index is 12.9. The van der Waals surface area contributed by atoms with Crippen LogP contribution in [0.5, 0.6) is 0 Å². The molecule has 6 nitrogen and oxygen atoms in total. The molecule has 0 aliphatic heterocycles. The molecule has 0 N–H and O–H groups in total. The number of hydrogen-bond donors (Lipinski definition) is 0. The van der Waals surface area contributed by atoms with Crippen molar-refractivity contribution in [3.8, 4) is 0 Å². The standard InChI is InChI=1S/C76H118O6/c1-4-7-10-13-16-19-22-25-28-30-31-32-33-34-35-36-37-38-39-40-41-42-43-44-45-46-49-51-54-57-60-63-66-69-75(78)81-72-73(71-80-74(77)68-65-62-59-56-53-50-47-27-24-21-18-15-12-9-6-3)82-76(79)70-67-64-61-58-55-52-48-29-26-23-20-17-14-11-8-5-2/h7,9-10,12,16,18-19,21,25,27-28,31-32,34-35,37-38,40-41,43-44,46-47,49,53-54,56-57,62,65,73H,4-6,8,11,13-15,17,20,22-24,26,29-30,33,36,39,42,45,48,50-52,55,58-61,63-64,66-72H2,1-3H3/b10-7-,12-9-,19-16-,21-18-,28-25-,32-31-,35-34-,38-37-,41-40-,44-43-,47-27-,49-46-,56-53-,57-54-,65-62-. The van der Waals surface area contributed by atoms with Crippen LogP contribution in [0.3, 0.4) is 0 Å². The van der Waals surface area contributed by atoms with Crippen LogP contribution < -0.4 is 0 Å². The van der Waals surface area contributed by atoms with E-state index < -0.39 is 12.1 Å². The van der Waals surface area contributed by atoms with Crippen molar-refractivity contribution < 1.29 is 28.6 Å². The molecule has 0 aromatic rings. The van der Waals surface area contributed by atoms with E-state index in [-0.39, 0.29) is 38.0 Å². The first kappa shape index (κ1) is 76.5. The summed E-state index contributed by atoms with van der Waals surface area (Å²) < 4.78 is 16.8. The predicted molar refractivity (Wildman–Crippen MR) is 357 cm³/mol. The highest BCUT2D eigenvalue weighted by Crippen LogP contribution is 2.15. The van der Waals surface area contributed by atoms with Gasteiger partial charge in [-0.25, -0.2) is 0 Å². The van der Waals surface area contributed by atoms with Gasteiger partial charge in [-0.3, -0.25) is 14.4 Å². The largest absolute Gasteiger partial charge is 0.462 e. The summed E-state index contributed by atoms with van der Waals surface area (Å²) in [4.78, 5) is 38.2. The van der Waals surface area contributed by atoms with E-state index in [1.807, 2.05) is 6.08 Å². The van der Waals surface area contributed by atoms with Crippen molar-refractivity contribution in [2.24, 2.45) is 0 Å². The van der Waals surface area contributed by atoms with Crippen LogP contribution in [0.25, 0.3) is 0 Å². The zero-order valence-corrected chi connectivity index (χ0v) is 52.4. The van der Waals surface area contributed by atoms with Gasteiger partial charge in [0.1, 0.15) is 13.2 Å². The van der Waals surface area contributed by atoms with Gasteiger partial charge >= 0.3 is 17.9 Å². The van der Waals surface area contributed by atoms with E-state index in [0.29, 0.717) is 12.8 Å². The third-order valence-corrected chi connectivity index (χ3v) is 13.2. The van der Waals surface area contributed by atoms with E-state index in [2.05, 4.69) is 191 Å². The van der Waals surface area contributed by atoms with Gasteiger partial charge in [0.05, 0.1) is 6.42 Å². The van der Waals surface area contributed by atoms with Crippen LogP contribution in [0, 0.1) is 0 Å². The number of allylic oxidation sites excluding steroid dienone is 29. The fourth-order valence-electron chi connectivity index (χ4n) is 8.37. The summed E-state index contributed by atoms with van der Waals surface area (Å²) in [5.41, 5.74) is 0. The Bertz CT molecular complexity index is 1920. The number of unbranched alkanes of at least 4 members (excludes halogenated alkanes) is 17. The molecule has 1 atom stereocenters. The minimum atomic E-state index is -0.845. The van der Waals surface area contributed by atoms with Crippen molar-refractivity contribution in [3.05, 3.63) is 182 Å². The Morgan fingerprint density at radius 1 is 0.268 bits per heavy atom. The zero-order chi connectivity index (χ0) is 59.2. The van der Waals surface area contributed by atoms with Gasteiger partial charge < -0.3 is 14.2 Å². The van der Waals surface area contributed by atoms with Gasteiger partial charge in [-0.1, -0.05) is 299 Å². The molecule has 458 valence electrons. The molecule has 0 aliphatic carbocycles. The molecule has 0 saturated carbocycles. The summed E-state index contributed by atoms with van der Waals surface area (Å²) >= 11 is 0. The van der Waals surface area contributed by atoms with Crippen LogP contribution >= 0.6 is 0 Å². The Morgan fingerprint density at radius 3 is 0.854 bits per heavy atom. The summed E-state index contributed by atoms with van der Waals surface area (Å²) in [7, 11) is 0. The average Bonchev–Trinajstić information content (AvgIpc) is 3.47. The molecule has 1 unspecified atom stereocenters. The van der Waals surface area contributed by atoms with Crippen LogP contribution in [0.1, 0.15) is 258 Å². The van der Waals surface area contributed by atoms with Gasteiger partial charge in [-0.15, -0.1) is 0 Å². The Balaban J connectivity index is 4.48. The van der Waals surface area contributed by atoms with Crippen LogP contribution in [0.2, 0.25) is 0 Å². The lowest BCUT2D eigenvalue weighted by Crippen LogP contribution is -2.30. The fourth-order valence-corrected chi connectivity index (χ4v) is 8.37. The summed E-state index contributed by atoms with van der Waals surface area (Å²) in [6.07, 6.45) is 102. The lowest BCUT2D eigenvalue weighted by atomic mass is 10.0. The molecule has 0 amide bonds. The Labute approximate surface area is 504 Å². The Morgan fingerprint density at radius 2 is 0.524 bits per heavy atom. The molecule has 0 saturated heterocycles. The van der Waals surface area contributed by atoms with Crippen molar-refractivity contribution >= 4 is 17.9 Å². The maximum atomic E-state index is 12.9. The number of carbonyl (C=O) groups excluding carboxylic acids is 3. The highest BCUT2D eigenvalue weighted by atomic mass is 16.6. The molecule has 0 aliphatic rings. The van der Waals surface area contributed by atoms with Crippen LogP contribution in [0.4, 0.5) is 0 Å². The van der Waals surface area contributed by atoms with Gasteiger partial charge in [0.15, 0.2) is 6.10 Å². The lowest BCUT2D eigenvalue weighted by Gasteiger charge is -2.18. The third-order valence-electron chi connectivity index (χ3n) is 13.2. The van der Waals surface area contributed by atoms with E-state index >= 15 is 0 Å². The first-order valence-corrected chi connectivity index (χ1v) is 32.8. The predicted octanol–water partition coefficient (Wildman–Crippen LogP) is 22.8. The molecule has 0 fully saturated rings. The normalized spacial score (nSPS) is 13.4. The van der Waals surface area contributed by atoms with Crippen molar-refractivity contribution in [2.45, 2.75) is 264 Å². The van der Waals surface area contributed by atoms with E-state index in [4.69, 9.17) is 14.2 Å². The van der Waals surface area contributed by atoms with E-state index in [0.717, 1.165) is 128 Å². The first-order valence-electron chi connectivity index (χ1n) is 32.8. The molecule has 0 aromatic heterocycles. The molecular formula is C76H118O6. The van der Waals surface area contributed by atoms with Crippen LogP contribution in [0.15, 0.2) is 182 Å². The summed E-state index contributed by atoms with van der Waals surface area (Å²) in [5, 5.41) is 0. The second kappa shape index (κ2) is 68.0. The number of esters is 3. The van der Waals surface area contributed by atoms with E-state index in [1.54, 1.807) is 6.08 Å². The van der Waals surface area contributed by atoms with Crippen molar-refractivity contribution in [1.82, 2.24) is 0 Å². The highest BCUT2D eigenvalue weighted by molar-refractivity contribution is 5.72. The number of carbonyl (C=O) groups is 3. The molecule has 0 aromatic carbocycles. The SMILES string of the molecule is CC/C=C\C/C=C\C/C=C\C/C=C\C/C=C\C/C=C\C/C=C\C/C=C\C/C=C\C/C=C\CCCCC(=O)OCC(COC(=O)C/C=C\C/C=C\C/C=C\C/C=C\C/C=C\CC)OC(=O)CCCCCCCCCCCCCCCCCC. The second-order valence-corrected chi connectivity index (χ2v) is 20.9. The lowest BCUT2D eigenvalue weighted by molar-refractivity contribution is -0.166. The molecule has 0 heterocycles. The van der Waals surface area contributed by atoms with Crippen LogP contribution in [-0.2, 0) is 28.6 Å². The number of ether oxygens (including phenoxy) is 3. The second-order valence-electron chi connectivity index (χ2n) is 20.9. The van der Waals surface area contributed by atoms with Gasteiger partial charge in [-0.2, -0.15) is 0 Å². The fraction of sp³-hybridized carbons (Fsp3) is 0.566.